The van der Waals surface area contributed by atoms with Crippen molar-refractivity contribution in [3.8, 4) is 29.9 Å². The summed E-state index contributed by atoms with van der Waals surface area (Å²) >= 11 is 6.67. The first-order valence-corrected chi connectivity index (χ1v) is 29.6. The number of piperidine rings is 3. The van der Waals surface area contributed by atoms with E-state index < -0.39 is 9.23 Å². The van der Waals surface area contributed by atoms with Gasteiger partial charge in [-0.25, -0.2) is 24.1 Å². The topological polar surface area (TPSA) is 204 Å². The number of fused-ring (bicyclic) bond motifs is 10. The molecule has 4 aromatic heterocycles. The van der Waals surface area contributed by atoms with E-state index in [0.717, 1.165) is 139 Å². The number of benzene rings is 3. The number of terminal acetylenes is 1. The van der Waals surface area contributed by atoms with Gasteiger partial charge in [-0.2, -0.15) is 0 Å². The van der Waals surface area contributed by atoms with Crippen LogP contribution in [0.1, 0.15) is 79.2 Å². The molecule has 0 unspecified atom stereocenters. The number of rotatable bonds is 2. The molecule has 9 aliphatic rings. The molecule has 16 rings (SSSR count). The summed E-state index contributed by atoms with van der Waals surface area (Å²) < 4.78 is 19.4. The molecule has 5 saturated heterocycles. The number of halogens is 4. The van der Waals surface area contributed by atoms with Crippen LogP contribution in [0.5, 0.6) is 5.75 Å². The van der Waals surface area contributed by atoms with Crippen LogP contribution < -0.4 is 26.9 Å². The Morgan fingerprint density at radius 1 is 0.667 bits per heavy atom. The Morgan fingerprint density at radius 2 is 1.17 bits per heavy atom. The third-order valence-electron chi connectivity index (χ3n) is 13.8. The maximum absolute atomic E-state index is 13.1. The molecule has 5 fully saturated rings. The monoisotopic (exact) mass is 1240 g/mol. The molecule has 0 radical (unpaired) electrons. The number of hydrogen-bond donors (Lipinski definition) is 2. The number of nitrogen functional groups attached to an aromatic ring is 1. The average Bonchev–Trinajstić information content (AvgIpc) is 4.13. The lowest BCUT2D eigenvalue weighted by atomic mass is 10.1. The van der Waals surface area contributed by atoms with Crippen LogP contribution in [0, 0.1) is 24.2 Å². The van der Waals surface area contributed by atoms with Gasteiger partial charge in [0.25, 0.3) is 17.6 Å². The first kappa shape index (κ1) is 57.8. The molecule has 0 spiro atoms. The van der Waals surface area contributed by atoms with Crippen LogP contribution in [0.25, 0.3) is 21.8 Å². The van der Waals surface area contributed by atoms with E-state index in [1.165, 1.54) is 0 Å². The van der Waals surface area contributed by atoms with E-state index in [2.05, 4.69) is 106 Å². The lowest BCUT2D eigenvalue weighted by Crippen LogP contribution is -2.35. The Hall–Kier alpha value is -6.33. The minimum absolute atomic E-state index is 0.0861. The van der Waals surface area contributed by atoms with Crippen LogP contribution in [-0.4, -0.2) is 112 Å². The average molecular weight is 1240 g/mol. The van der Waals surface area contributed by atoms with Gasteiger partial charge in [0.05, 0.1) is 47.1 Å². The molecule has 0 atom stereocenters. The van der Waals surface area contributed by atoms with Gasteiger partial charge in [0.2, 0.25) is 15.1 Å². The fraction of sp³-hybridized carbons (Fsp3) is 0.321. The summed E-state index contributed by atoms with van der Waals surface area (Å²) in [6.45, 7) is 8.97. The first-order chi connectivity index (χ1) is 37.7. The zero-order valence-electron chi connectivity index (χ0n) is 42.3. The fourth-order valence-electron chi connectivity index (χ4n) is 10.00. The second-order valence-electron chi connectivity index (χ2n) is 18.8. The summed E-state index contributed by atoms with van der Waals surface area (Å²) in [5.41, 5.74) is 9.93. The van der Waals surface area contributed by atoms with E-state index >= 15 is 0 Å². The Kier molecular flexibility index (Phi) is 20.8. The number of nitrogens with one attached hydrogen (secondary N) is 1. The normalized spacial score (nSPS) is 20.7. The number of nitrogens with two attached hydrogens (primary N) is 1. The van der Waals surface area contributed by atoms with Gasteiger partial charge in [-0.3, -0.25) is 43.0 Å². The minimum Gasteiger partial charge on any atom is -0.427 e. The third kappa shape index (κ3) is 15.7. The quantitative estimate of drug-likeness (QED) is 0.0732. The summed E-state index contributed by atoms with van der Waals surface area (Å²) in [5, 5.41) is 4.40. The van der Waals surface area contributed by atoms with Crippen molar-refractivity contribution >= 4 is 102 Å². The van der Waals surface area contributed by atoms with Crippen LogP contribution in [0.3, 0.4) is 0 Å². The molecule has 0 aliphatic carbocycles. The van der Waals surface area contributed by atoms with Crippen molar-refractivity contribution in [1.82, 2.24) is 49.1 Å². The summed E-state index contributed by atoms with van der Waals surface area (Å²) in [5.74, 6) is 11.0. The van der Waals surface area contributed by atoms with Crippen molar-refractivity contribution in [3.05, 3.63) is 162 Å². The number of amides is 1. The zero-order valence-corrected chi connectivity index (χ0v) is 47.8. The number of anilines is 1. The largest absolute Gasteiger partial charge is 0.427 e. The first-order valence-electron chi connectivity index (χ1n) is 25.2. The van der Waals surface area contributed by atoms with Gasteiger partial charge in [-0.1, -0.05) is 55.8 Å². The van der Waals surface area contributed by atoms with E-state index in [1.54, 1.807) is 36.7 Å². The summed E-state index contributed by atoms with van der Waals surface area (Å²) in [6.07, 6.45) is 14.9. The Balaban J connectivity index is 0.000000135. The van der Waals surface area contributed by atoms with E-state index in [1.807, 2.05) is 75.9 Å². The molecule has 3 N–H and O–H groups in total. The molecule has 22 heteroatoms. The number of hydrogen-bond acceptors (Lipinski definition) is 14. The third-order valence-corrected chi connectivity index (χ3v) is 14.8. The molecule has 6 bridgehead atoms. The highest BCUT2D eigenvalue weighted by molar-refractivity contribution is 9.10. The van der Waals surface area contributed by atoms with Gasteiger partial charge < -0.3 is 15.8 Å². The van der Waals surface area contributed by atoms with Gasteiger partial charge in [-0.05, 0) is 123 Å². The molecule has 7 aromatic rings. The molecular weight excluding hydrogens is 1190 g/mol. The van der Waals surface area contributed by atoms with Crippen LogP contribution in [0.2, 0.25) is 0 Å². The molecule has 0 saturated carbocycles. The van der Waals surface area contributed by atoms with Gasteiger partial charge in [0, 0.05) is 106 Å². The van der Waals surface area contributed by atoms with Gasteiger partial charge in [-0.15, -0.1) is 6.42 Å². The number of aromatic nitrogens is 6. The van der Waals surface area contributed by atoms with Crippen LogP contribution in [0.15, 0.2) is 122 Å². The van der Waals surface area contributed by atoms with Crippen LogP contribution >= 0.6 is 53.2 Å². The Labute approximate surface area is 479 Å². The highest BCUT2D eigenvalue weighted by Crippen LogP contribution is 2.30. The smallest absolute Gasteiger partial charge is 0.298 e. The van der Waals surface area contributed by atoms with E-state index in [9.17, 15) is 19.2 Å². The minimum atomic E-state index is -1.67. The van der Waals surface area contributed by atoms with Crippen molar-refractivity contribution < 1.29 is 18.5 Å². The zero-order chi connectivity index (χ0) is 55.1. The molecule has 404 valence electrons. The van der Waals surface area contributed by atoms with Crippen molar-refractivity contribution in [2.75, 3.05) is 51.5 Å². The Bertz CT molecular complexity index is 3480. The van der Waals surface area contributed by atoms with Crippen molar-refractivity contribution in [1.29, 1.82) is 0 Å². The number of pyridine rings is 2. The summed E-state index contributed by atoms with van der Waals surface area (Å²) in [6, 6.07) is 28.7. The standard InChI is InChI=1S/C21H18N4O.C14H14BrN3O.C7H6BrNO2.C7H12N2O.C7H5N.Cl2OS/c26-21-18-7-5-15(4-6-16-3-1-2-10-22-16)13-19(18)23-20-14-24-11-8-17(9-12-24)25(20)21;15-9-1-2-11-12(7-9)16-13-8-17-5-3-10(4-6-17)18(13)14(11)19;8-5-1-2-7(11-4-10)6(9)3-5;10-7-5-9-3-1-6(8-7)2-4-9;1-2-7-5-3-4-6-8-7;1-4(2)3/h1-3,5,7,10,13,17H,8-9,11-12,14H2;1-2,7,10H,3-6,8H2;1-4H,9H2;6H,1-5H2,(H,8,10);1,3-6H;. The van der Waals surface area contributed by atoms with Crippen LogP contribution in [0.4, 0.5) is 5.69 Å². The maximum atomic E-state index is 13.1. The molecule has 13 heterocycles. The lowest BCUT2D eigenvalue weighted by Gasteiger charge is -2.26. The summed E-state index contributed by atoms with van der Waals surface area (Å²) in [4.78, 5) is 71.3. The lowest BCUT2D eigenvalue weighted by molar-refractivity contribution is -0.121. The number of nitrogens with zero attached hydrogens (tertiary/aromatic N) is 9. The molecule has 9 aliphatic heterocycles. The number of carbonyl (C=O) groups is 2. The predicted octanol–water partition coefficient (Wildman–Crippen LogP) is 7.90. The van der Waals surface area contributed by atoms with Gasteiger partial charge in [0.1, 0.15) is 23.0 Å². The van der Waals surface area contributed by atoms with E-state index in [0.29, 0.717) is 47.6 Å². The molecule has 78 heavy (non-hydrogen) atoms. The van der Waals surface area contributed by atoms with E-state index in [-0.39, 0.29) is 23.1 Å². The number of ether oxygens (including phenoxy) is 1. The van der Waals surface area contributed by atoms with Crippen molar-refractivity contribution in [2.45, 2.75) is 69.7 Å². The Morgan fingerprint density at radius 3 is 1.68 bits per heavy atom. The van der Waals surface area contributed by atoms with Gasteiger partial charge in [0.15, 0.2) is 5.75 Å². The molecule has 3 aromatic carbocycles. The van der Waals surface area contributed by atoms with Crippen molar-refractivity contribution in [3.63, 3.8) is 0 Å². The fourth-order valence-corrected chi connectivity index (χ4v) is 10.7. The highest BCUT2D eigenvalue weighted by atomic mass is 79.9. The number of carbonyl (C=O) groups excluding carboxylic acids is 2. The SMILES string of the molecule is C#Cc1ccccn1.Nc1cc(Br)ccc1OC=O.O=C1CN2CCC(CC2)N1.O=S(Cl)Cl.O=c1c2ccc(Br)cc2nc2n1C1CCN(CC1)C2.O=c1c2ccc(C#Cc3ccccn3)cc2nc2n1C1CCN(CC1)C2. The van der Waals surface area contributed by atoms with Crippen molar-refractivity contribution in [2.24, 2.45) is 0 Å². The maximum Gasteiger partial charge on any atom is 0.298 e. The second-order valence-corrected chi connectivity index (χ2v) is 23.2. The second kappa shape index (κ2) is 28.0. The van der Waals surface area contributed by atoms with Crippen LogP contribution in [-0.2, 0) is 31.9 Å². The molecule has 17 nitrogen and oxygen atoms in total. The predicted molar refractivity (Wildman–Crippen MR) is 312 cm³/mol. The van der Waals surface area contributed by atoms with E-state index in [4.69, 9.17) is 26.3 Å². The van der Waals surface area contributed by atoms with Gasteiger partial charge >= 0.3 is 0 Å². The molecular formula is C56H55Br2Cl2N11O6S. The summed E-state index contributed by atoms with van der Waals surface area (Å²) in [7, 11) is 7.36. The molecule has 1 amide bonds. The highest BCUT2D eigenvalue weighted by Gasteiger charge is 2.31.